The average Bonchev–Trinajstić information content (AvgIpc) is 3.11. The van der Waals surface area contributed by atoms with Gasteiger partial charge in [0.05, 0.1) is 6.61 Å². The van der Waals surface area contributed by atoms with Crippen molar-refractivity contribution in [1.29, 1.82) is 0 Å². The molecule has 2 aromatic carbocycles. The van der Waals surface area contributed by atoms with Crippen LogP contribution in [0.5, 0.6) is 11.6 Å². The summed E-state index contributed by atoms with van der Waals surface area (Å²) in [6.07, 6.45) is 2.55. The number of anilines is 2. The third-order valence-corrected chi connectivity index (χ3v) is 5.96. The maximum atomic E-state index is 6.03. The molecule has 0 atom stereocenters. The van der Waals surface area contributed by atoms with Gasteiger partial charge >= 0.3 is 0 Å². The Balaban J connectivity index is 1.25. The number of aryl methyl sites for hydroxylation is 1. The molecule has 0 amide bonds. The molecule has 0 spiro atoms. The Morgan fingerprint density at radius 2 is 1.97 bits per heavy atom. The summed E-state index contributed by atoms with van der Waals surface area (Å²) in [7, 11) is 0. The molecule has 0 aliphatic carbocycles. The molecule has 1 fully saturated rings. The molecular weight excluding hydrogens is 444 g/mol. The van der Waals surface area contributed by atoms with Crippen LogP contribution in [0.15, 0.2) is 54.9 Å². The van der Waals surface area contributed by atoms with Crippen LogP contribution in [-0.4, -0.2) is 64.5 Å². The molecule has 9 nitrogen and oxygen atoms in total. The fourth-order valence-electron chi connectivity index (χ4n) is 4.09. The molecule has 4 aromatic rings. The number of rotatable bonds is 9. The van der Waals surface area contributed by atoms with Crippen LogP contribution in [0.25, 0.3) is 11.0 Å². The van der Waals surface area contributed by atoms with E-state index in [4.69, 9.17) is 14.2 Å². The third-order valence-electron chi connectivity index (χ3n) is 5.96. The number of fused-ring (bicyclic) bond motifs is 1. The monoisotopic (exact) mass is 474 g/mol. The molecule has 1 aliphatic rings. The second-order valence-electron chi connectivity index (χ2n) is 8.51. The van der Waals surface area contributed by atoms with Crippen LogP contribution in [0, 0.1) is 6.92 Å². The van der Waals surface area contributed by atoms with Crippen LogP contribution in [0.1, 0.15) is 17.5 Å². The van der Waals surface area contributed by atoms with Gasteiger partial charge in [-0.1, -0.05) is 30.3 Å². The maximum absolute atomic E-state index is 6.03. The number of nitrogens with zero attached hydrogens (tertiary/aromatic N) is 4. The van der Waals surface area contributed by atoms with Gasteiger partial charge in [-0.15, -0.1) is 5.10 Å². The predicted molar refractivity (Wildman–Crippen MR) is 134 cm³/mol. The Labute approximate surface area is 204 Å². The number of ether oxygens (including phenoxy) is 3. The fraction of sp³-hybridized carbons (Fsp3) is 0.346. The zero-order chi connectivity index (χ0) is 23.9. The molecule has 3 heterocycles. The van der Waals surface area contributed by atoms with E-state index in [-0.39, 0.29) is 0 Å². The lowest BCUT2D eigenvalue weighted by Gasteiger charge is -2.18. The molecule has 0 radical (unpaired) electrons. The minimum atomic E-state index is 0.494. The van der Waals surface area contributed by atoms with Crippen LogP contribution in [0.3, 0.4) is 0 Å². The molecule has 1 aliphatic heterocycles. The SMILES string of the molecule is Cc1cc(Nc2ncnc3[nH]nc(OCCN4CCCOCC4)c23)ccc1OCc1ccccc1. The molecule has 0 bridgehead atoms. The van der Waals surface area contributed by atoms with Crippen molar-refractivity contribution in [2.75, 3.05) is 44.8 Å². The number of aromatic nitrogens is 4. The first-order valence-electron chi connectivity index (χ1n) is 11.9. The molecule has 0 unspecified atom stereocenters. The van der Waals surface area contributed by atoms with Crippen LogP contribution < -0.4 is 14.8 Å². The van der Waals surface area contributed by atoms with Crippen LogP contribution in [0.4, 0.5) is 11.5 Å². The van der Waals surface area contributed by atoms with E-state index in [2.05, 4.69) is 42.5 Å². The number of hydrogen-bond donors (Lipinski definition) is 2. The molecule has 5 rings (SSSR count). The second kappa shape index (κ2) is 11.2. The summed E-state index contributed by atoms with van der Waals surface area (Å²) in [6, 6.07) is 16.1. The van der Waals surface area contributed by atoms with Gasteiger partial charge in [0.2, 0.25) is 5.88 Å². The molecule has 0 saturated carbocycles. The van der Waals surface area contributed by atoms with Gasteiger partial charge in [-0.2, -0.15) is 0 Å². The van der Waals surface area contributed by atoms with Crippen LogP contribution in [0.2, 0.25) is 0 Å². The lowest BCUT2D eigenvalue weighted by molar-refractivity contribution is 0.137. The molecule has 1 saturated heterocycles. The first-order valence-corrected chi connectivity index (χ1v) is 11.9. The van der Waals surface area contributed by atoms with Crippen molar-refractivity contribution in [3.8, 4) is 11.6 Å². The Bertz CT molecular complexity index is 1240. The summed E-state index contributed by atoms with van der Waals surface area (Å²) in [5, 5.41) is 11.4. The van der Waals surface area contributed by atoms with Crippen molar-refractivity contribution in [3.63, 3.8) is 0 Å². The molecule has 2 N–H and O–H groups in total. The van der Waals surface area contributed by atoms with Gasteiger partial charge in [0.15, 0.2) is 5.65 Å². The van der Waals surface area contributed by atoms with E-state index in [1.54, 1.807) is 0 Å². The van der Waals surface area contributed by atoms with Gasteiger partial charge in [-0.05, 0) is 42.7 Å². The van der Waals surface area contributed by atoms with Crippen LogP contribution in [-0.2, 0) is 11.3 Å². The minimum Gasteiger partial charge on any atom is -0.489 e. The summed E-state index contributed by atoms with van der Waals surface area (Å²) >= 11 is 0. The van der Waals surface area contributed by atoms with E-state index < -0.39 is 0 Å². The lowest BCUT2D eigenvalue weighted by atomic mass is 10.2. The Morgan fingerprint density at radius 3 is 2.86 bits per heavy atom. The Hall–Kier alpha value is -3.69. The van der Waals surface area contributed by atoms with Crippen molar-refractivity contribution in [2.45, 2.75) is 20.0 Å². The maximum Gasteiger partial charge on any atom is 0.246 e. The smallest absolute Gasteiger partial charge is 0.246 e. The van der Waals surface area contributed by atoms with E-state index in [0.717, 1.165) is 67.2 Å². The van der Waals surface area contributed by atoms with Gasteiger partial charge in [-0.25, -0.2) is 9.97 Å². The number of nitrogens with one attached hydrogen (secondary N) is 2. The molecule has 9 heteroatoms. The number of H-pyrrole nitrogens is 1. The summed E-state index contributed by atoms with van der Waals surface area (Å²) in [6.45, 7) is 7.44. The van der Waals surface area contributed by atoms with Crippen molar-refractivity contribution in [3.05, 3.63) is 66.0 Å². The molecule has 2 aromatic heterocycles. The molecular formula is C26H30N6O3. The quantitative estimate of drug-likeness (QED) is 0.375. The van der Waals surface area contributed by atoms with Crippen LogP contribution >= 0.6 is 0 Å². The Morgan fingerprint density at radius 1 is 1.06 bits per heavy atom. The van der Waals surface area contributed by atoms with E-state index in [9.17, 15) is 0 Å². The van der Waals surface area contributed by atoms with Gasteiger partial charge in [0.25, 0.3) is 0 Å². The van der Waals surface area contributed by atoms with E-state index in [1.807, 2.05) is 43.3 Å². The lowest BCUT2D eigenvalue weighted by Crippen LogP contribution is -2.30. The minimum absolute atomic E-state index is 0.494. The zero-order valence-electron chi connectivity index (χ0n) is 19.9. The van der Waals surface area contributed by atoms with Gasteiger partial charge < -0.3 is 19.5 Å². The summed E-state index contributed by atoms with van der Waals surface area (Å²) < 4.78 is 17.6. The number of hydrogen-bond acceptors (Lipinski definition) is 8. The van der Waals surface area contributed by atoms with Gasteiger partial charge in [0, 0.05) is 31.9 Å². The zero-order valence-corrected chi connectivity index (χ0v) is 19.9. The van der Waals surface area contributed by atoms with Gasteiger partial charge in [0.1, 0.15) is 36.5 Å². The van der Waals surface area contributed by atoms with E-state index in [0.29, 0.717) is 30.6 Å². The summed E-state index contributed by atoms with van der Waals surface area (Å²) in [5.74, 6) is 1.98. The number of benzene rings is 2. The normalized spacial score (nSPS) is 14.5. The average molecular weight is 475 g/mol. The standard InChI is InChI=1S/C26H30N6O3/c1-19-16-21(8-9-22(19)35-17-20-6-3-2-4-7-20)29-24-23-25(28-18-27-24)30-31-26(23)34-15-12-32-10-5-13-33-14-11-32/h2-4,6-9,16,18H,5,10-15,17H2,1H3,(H2,27,28,29,30,31). The highest BCUT2D eigenvalue weighted by atomic mass is 16.5. The summed E-state index contributed by atoms with van der Waals surface area (Å²) in [4.78, 5) is 11.1. The highest BCUT2D eigenvalue weighted by Gasteiger charge is 2.16. The highest BCUT2D eigenvalue weighted by Crippen LogP contribution is 2.31. The first kappa shape index (κ1) is 23.1. The van der Waals surface area contributed by atoms with Crippen molar-refractivity contribution < 1.29 is 14.2 Å². The summed E-state index contributed by atoms with van der Waals surface area (Å²) in [5.41, 5.74) is 3.68. The van der Waals surface area contributed by atoms with Crippen molar-refractivity contribution in [2.24, 2.45) is 0 Å². The predicted octanol–water partition coefficient (Wildman–Crippen LogP) is 4.09. The van der Waals surface area contributed by atoms with E-state index in [1.165, 1.54) is 6.33 Å². The third kappa shape index (κ3) is 5.87. The molecule has 35 heavy (non-hydrogen) atoms. The molecule has 182 valence electrons. The topological polar surface area (TPSA) is 97.4 Å². The van der Waals surface area contributed by atoms with Gasteiger partial charge in [-0.3, -0.25) is 10.00 Å². The van der Waals surface area contributed by atoms with Crippen molar-refractivity contribution in [1.82, 2.24) is 25.1 Å². The fourth-order valence-corrected chi connectivity index (χ4v) is 4.09. The van der Waals surface area contributed by atoms with Crippen molar-refractivity contribution >= 4 is 22.5 Å². The van der Waals surface area contributed by atoms with E-state index >= 15 is 0 Å². The second-order valence-corrected chi connectivity index (χ2v) is 8.51. The largest absolute Gasteiger partial charge is 0.489 e. The highest BCUT2D eigenvalue weighted by molar-refractivity contribution is 5.92. The number of aromatic amines is 1. The Kier molecular flexibility index (Phi) is 7.35. The first-order chi connectivity index (χ1) is 17.3.